The number of ether oxygens (including phenoxy) is 1. The van der Waals surface area contributed by atoms with E-state index in [2.05, 4.69) is 0 Å². The molecule has 2 fully saturated rings. The number of amides is 2. The van der Waals surface area contributed by atoms with Crippen LogP contribution in [0.3, 0.4) is 0 Å². The molecule has 3 aliphatic rings. The predicted octanol–water partition coefficient (Wildman–Crippen LogP) is 2.26. The molecule has 5 atom stereocenters. The smallest absolute Gasteiger partial charge is 0.329 e. The van der Waals surface area contributed by atoms with Crippen molar-refractivity contribution in [2.24, 2.45) is 23.7 Å². The van der Waals surface area contributed by atoms with Crippen molar-refractivity contribution < 1.29 is 23.9 Å². The number of halogens is 1. The molecule has 1 aliphatic heterocycles. The van der Waals surface area contributed by atoms with Gasteiger partial charge in [-0.05, 0) is 49.4 Å². The summed E-state index contributed by atoms with van der Waals surface area (Å²) in [5.74, 6) is -2.33. The zero-order valence-electron chi connectivity index (χ0n) is 14.6. The van der Waals surface area contributed by atoms with Crippen LogP contribution in [-0.4, -0.2) is 41.1 Å². The monoisotopic (exact) mass is 387 g/mol. The summed E-state index contributed by atoms with van der Waals surface area (Å²) in [6, 6.07) is 5.18. The van der Waals surface area contributed by atoms with Crippen molar-refractivity contribution in [1.82, 2.24) is 4.90 Å². The summed E-state index contributed by atoms with van der Waals surface area (Å²) in [4.78, 5) is 50.9. The lowest BCUT2D eigenvalue weighted by Crippen LogP contribution is -2.45. The minimum absolute atomic E-state index is 0.0798. The van der Waals surface area contributed by atoms with Gasteiger partial charge in [0.1, 0.15) is 6.04 Å². The zero-order valence-corrected chi connectivity index (χ0v) is 15.4. The maximum atomic E-state index is 12.7. The normalized spacial score (nSPS) is 29.2. The molecule has 2 amide bonds. The number of hydrogen-bond donors (Lipinski definition) is 0. The highest BCUT2D eigenvalue weighted by molar-refractivity contribution is 6.30. The minimum Gasteiger partial charge on any atom is -0.456 e. The van der Waals surface area contributed by atoms with Gasteiger partial charge < -0.3 is 4.74 Å². The number of carbonyl (C=O) groups is 4. The number of ketones is 1. The summed E-state index contributed by atoms with van der Waals surface area (Å²) < 4.78 is 5.07. The van der Waals surface area contributed by atoms with E-state index in [1.54, 1.807) is 24.3 Å². The first-order valence-corrected chi connectivity index (χ1v) is 9.27. The van der Waals surface area contributed by atoms with Crippen LogP contribution in [0.2, 0.25) is 5.02 Å². The fourth-order valence-electron chi connectivity index (χ4n) is 4.39. The molecule has 0 unspecified atom stereocenters. The highest BCUT2D eigenvalue weighted by atomic mass is 35.5. The first-order valence-electron chi connectivity index (χ1n) is 8.89. The third kappa shape index (κ3) is 2.88. The van der Waals surface area contributed by atoms with Gasteiger partial charge in [0.05, 0.1) is 11.8 Å². The van der Waals surface area contributed by atoms with E-state index in [0.29, 0.717) is 10.6 Å². The molecule has 4 rings (SSSR count). The fourth-order valence-corrected chi connectivity index (χ4v) is 4.51. The highest BCUT2D eigenvalue weighted by Gasteiger charge is 2.60. The fraction of sp³-hybridized carbons (Fsp3) is 0.400. The number of imide groups is 1. The van der Waals surface area contributed by atoms with Gasteiger partial charge in [-0.25, -0.2) is 4.79 Å². The van der Waals surface area contributed by atoms with Crippen LogP contribution in [0.15, 0.2) is 36.4 Å². The van der Waals surface area contributed by atoms with E-state index < -0.39 is 18.6 Å². The van der Waals surface area contributed by atoms with E-state index in [-0.39, 0.29) is 41.3 Å². The topological polar surface area (TPSA) is 80.8 Å². The maximum absolute atomic E-state index is 12.7. The molecule has 6 nitrogen and oxygen atoms in total. The van der Waals surface area contributed by atoms with Crippen LogP contribution in [0.1, 0.15) is 23.7 Å². The summed E-state index contributed by atoms with van der Waals surface area (Å²) >= 11 is 5.78. The van der Waals surface area contributed by atoms with Gasteiger partial charge in [-0.3, -0.25) is 19.3 Å². The van der Waals surface area contributed by atoms with E-state index >= 15 is 0 Å². The Morgan fingerprint density at radius 3 is 2.22 bits per heavy atom. The Kier molecular flexibility index (Phi) is 4.38. The Balaban J connectivity index is 1.39. The number of fused-ring (bicyclic) bond motifs is 5. The van der Waals surface area contributed by atoms with Gasteiger partial charge >= 0.3 is 5.97 Å². The van der Waals surface area contributed by atoms with Crippen molar-refractivity contribution in [2.75, 3.05) is 6.61 Å². The summed E-state index contributed by atoms with van der Waals surface area (Å²) in [7, 11) is 0. The van der Waals surface area contributed by atoms with Crippen LogP contribution < -0.4 is 0 Å². The summed E-state index contributed by atoms with van der Waals surface area (Å²) in [5.41, 5.74) is 0.366. The Bertz CT molecular complexity index is 832. The van der Waals surface area contributed by atoms with Crippen molar-refractivity contribution in [3.05, 3.63) is 47.0 Å². The number of carbonyl (C=O) groups excluding carboxylic acids is 4. The molecule has 7 heteroatoms. The number of nitrogens with zero attached hydrogens (tertiary/aromatic N) is 1. The molecule has 140 valence electrons. The summed E-state index contributed by atoms with van der Waals surface area (Å²) in [6.45, 7) is 1.00. The van der Waals surface area contributed by atoms with Crippen LogP contribution in [0.4, 0.5) is 0 Å². The average Bonchev–Trinajstić information content (AvgIpc) is 3.33. The van der Waals surface area contributed by atoms with Gasteiger partial charge in [-0.2, -0.15) is 0 Å². The van der Waals surface area contributed by atoms with Gasteiger partial charge in [0.2, 0.25) is 11.8 Å². The first-order chi connectivity index (χ1) is 12.9. The van der Waals surface area contributed by atoms with Crippen molar-refractivity contribution in [3.8, 4) is 0 Å². The molecule has 1 aromatic rings. The van der Waals surface area contributed by atoms with Crippen LogP contribution in [0.25, 0.3) is 0 Å². The molecule has 0 aromatic heterocycles. The van der Waals surface area contributed by atoms with Crippen LogP contribution >= 0.6 is 11.6 Å². The Morgan fingerprint density at radius 2 is 1.67 bits per heavy atom. The highest BCUT2D eigenvalue weighted by Crippen LogP contribution is 2.52. The third-order valence-corrected chi connectivity index (χ3v) is 6.00. The molecule has 2 aliphatic carbocycles. The second-order valence-corrected chi connectivity index (χ2v) is 7.70. The Labute approximate surface area is 161 Å². The first kappa shape index (κ1) is 17.9. The molecule has 0 radical (unpaired) electrons. The van der Waals surface area contributed by atoms with Crippen LogP contribution in [0, 0.1) is 23.7 Å². The Morgan fingerprint density at radius 1 is 1.11 bits per heavy atom. The van der Waals surface area contributed by atoms with E-state index in [0.717, 1.165) is 11.3 Å². The SMILES string of the molecule is C[C@H](C(=O)OCC(=O)c1ccc(Cl)cc1)N1C(=O)[C@H]2[C@H](C1=O)[C@H]1C=C[C@H]2C1. The van der Waals surface area contributed by atoms with Gasteiger partial charge in [-0.15, -0.1) is 0 Å². The van der Waals surface area contributed by atoms with E-state index in [9.17, 15) is 19.2 Å². The third-order valence-electron chi connectivity index (χ3n) is 5.74. The number of Topliss-reactive ketones (excluding diaryl/α,β-unsaturated/α-hetero) is 1. The van der Waals surface area contributed by atoms with Crippen LogP contribution in [0.5, 0.6) is 0 Å². The minimum atomic E-state index is -1.05. The molecular formula is C20H18ClNO5. The van der Waals surface area contributed by atoms with Gasteiger partial charge in [0, 0.05) is 10.6 Å². The predicted molar refractivity (Wildman–Crippen MR) is 95.8 cm³/mol. The van der Waals surface area contributed by atoms with Gasteiger partial charge in [0.25, 0.3) is 0 Å². The number of hydrogen-bond acceptors (Lipinski definition) is 5. The number of allylic oxidation sites excluding steroid dienone is 2. The molecule has 0 spiro atoms. The molecule has 2 bridgehead atoms. The van der Waals surface area contributed by atoms with Gasteiger partial charge in [-0.1, -0.05) is 23.8 Å². The molecule has 1 heterocycles. The second-order valence-electron chi connectivity index (χ2n) is 7.26. The lowest BCUT2D eigenvalue weighted by Gasteiger charge is -2.23. The number of rotatable bonds is 5. The van der Waals surface area contributed by atoms with E-state index in [1.165, 1.54) is 6.92 Å². The second kappa shape index (κ2) is 6.60. The standard InChI is InChI=1S/C20H18ClNO5/c1-10(20(26)27-9-15(23)11-4-6-14(21)7-5-11)22-18(24)16-12-2-3-13(8-12)17(16)19(22)25/h2-7,10,12-13,16-17H,8-9H2,1H3/t10-,12+,13+,16-,17-/m1/s1. The quantitative estimate of drug-likeness (QED) is 0.335. The van der Waals surface area contributed by atoms with Gasteiger partial charge in [0.15, 0.2) is 12.4 Å². The summed E-state index contributed by atoms with van der Waals surface area (Å²) in [6.07, 6.45) is 4.82. The zero-order chi connectivity index (χ0) is 19.3. The maximum Gasteiger partial charge on any atom is 0.329 e. The lowest BCUT2D eigenvalue weighted by atomic mass is 9.85. The Hall–Kier alpha value is -2.47. The number of likely N-dealkylation sites (tertiary alicyclic amines) is 1. The van der Waals surface area contributed by atoms with Crippen LogP contribution in [-0.2, 0) is 19.1 Å². The molecular weight excluding hydrogens is 370 g/mol. The van der Waals surface area contributed by atoms with Crippen molar-refractivity contribution in [3.63, 3.8) is 0 Å². The lowest BCUT2D eigenvalue weighted by molar-refractivity contribution is -0.157. The molecule has 1 saturated heterocycles. The molecule has 1 saturated carbocycles. The molecule has 27 heavy (non-hydrogen) atoms. The van der Waals surface area contributed by atoms with Crippen molar-refractivity contribution >= 4 is 35.2 Å². The summed E-state index contributed by atoms with van der Waals surface area (Å²) in [5, 5.41) is 0.497. The van der Waals surface area contributed by atoms with Crippen molar-refractivity contribution in [1.29, 1.82) is 0 Å². The van der Waals surface area contributed by atoms with Crippen molar-refractivity contribution in [2.45, 2.75) is 19.4 Å². The van der Waals surface area contributed by atoms with E-state index in [1.807, 2.05) is 12.2 Å². The molecule has 1 aromatic carbocycles. The number of benzene rings is 1. The largest absolute Gasteiger partial charge is 0.456 e. The number of esters is 1. The molecule has 0 N–H and O–H groups in total. The van der Waals surface area contributed by atoms with E-state index in [4.69, 9.17) is 16.3 Å². The average molecular weight is 388 g/mol.